The van der Waals surface area contributed by atoms with Crippen LogP contribution in [0.3, 0.4) is 0 Å². The first-order valence-electron chi connectivity index (χ1n) is 9.91. The fraction of sp³-hybridized carbons (Fsp3) is 0.409. The lowest BCUT2D eigenvalue weighted by atomic mass is 9.82. The van der Waals surface area contributed by atoms with E-state index in [1.165, 1.54) is 18.2 Å². The van der Waals surface area contributed by atoms with Crippen molar-refractivity contribution in [2.45, 2.75) is 56.4 Å². The minimum absolute atomic E-state index is 0.125. The van der Waals surface area contributed by atoms with Gasteiger partial charge in [0.25, 0.3) is 10.0 Å². The van der Waals surface area contributed by atoms with Crippen molar-refractivity contribution in [2.24, 2.45) is 0 Å². The smallest absolute Gasteiger partial charge is 0.407 e. The molecule has 0 aliphatic heterocycles. The number of aryl methyl sites for hydroxylation is 1. The maximum absolute atomic E-state index is 13.4. The van der Waals surface area contributed by atoms with Crippen LogP contribution in [0.25, 0.3) is 0 Å². The Morgan fingerprint density at radius 3 is 2.67 bits per heavy atom. The number of anilines is 1. The molecule has 30 heavy (non-hydrogen) atoms. The molecule has 0 saturated carbocycles. The molecule has 0 saturated heterocycles. The van der Waals surface area contributed by atoms with E-state index in [0.717, 1.165) is 36.5 Å². The van der Waals surface area contributed by atoms with Crippen LogP contribution in [0.15, 0.2) is 47.4 Å². The molecular weight excluding hydrogens is 407 g/mol. The molecule has 2 N–H and O–H groups in total. The summed E-state index contributed by atoms with van der Waals surface area (Å²) in [6.45, 7) is 5.90. The van der Waals surface area contributed by atoms with Crippen molar-refractivity contribution < 1.29 is 22.3 Å². The van der Waals surface area contributed by atoms with Gasteiger partial charge in [0, 0.05) is 18.2 Å². The number of amides is 1. The summed E-state index contributed by atoms with van der Waals surface area (Å²) in [5, 5.41) is 2.82. The van der Waals surface area contributed by atoms with Gasteiger partial charge in [-0.1, -0.05) is 12.1 Å². The number of hydrogen-bond acceptors (Lipinski definition) is 4. The largest absolute Gasteiger partial charge is 0.444 e. The standard InChI is InChI=1S/C22H27FN2O4S/c1-22(2,3)29-21(26)24-14-16-7-4-6-15-12-18(10-11-20(15)16)25-30(27,28)19-9-5-8-17(23)13-19/h5,8-13,16,25H,4,6-7,14H2,1-3H3,(H,24,26)/t16-/m0/s1. The van der Waals surface area contributed by atoms with Crippen LogP contribution in [0.2, 0.25) is 0 Å². The molecule has 0 aromatic heterocycles. The normalized spacial score (nSPS) is 16.5. The van der Waals surface area contributed by atoms with Crippen molar-refractivity contribution in [3.63, 3.8) is 0 Å². The number of rotatable bonds is 5. The second-order valence-corrected chi connectivity index (χ2v) is 10.1. The second-order valence-electron chi connectivity index (χ2n) is 8.45. The monoisotopic (exact) mass is 434 g/mol. The minimum Gasteiger partial charge on any atom is -0.444 e. The van der Waals surface area contributed by atoms with Crippen molar-refractivity contribution in [3.05, 3.63) is 59.4 Å². The number of benzene rings is 2. The van der Waals surface area contributed by atoms with Crippen LogP contribution in [0, 0.1) is 5.82 Å². The van der Waals surface area contributed by atoms with Crippen molar-refractivity contribution in [1.29, 1.82) is 0 Å². The van der Waals surface area contributed by atoms with E-state index >= 15 is 0 Å². The van der Waals surface area contributed by atoms with Crippen molar-refractivity contribution in [3.8, 4) is 0 Å². The summed E-state index contributed by atoms with van der Waals surface area (Å²) < 4.78 is 46.3. The third kappa shape index (κ3) is 5.72. The lowest BCUT2D eigenvalue weighted by molar-refractivity contribution is 0.0523. The Hall–Kier alpha value is -2.61. The molecule has 162 valence electrons. The molecule has 0 bridgehead atoms. The van der Waals surface area contributed by atoms with Gasteiger partial charge in [0.15, 0.2) is 0 Å². The SMILES string of the molecule is CC(C)(C)OC(=O)NC[C@@H]1CCCc2cc(NS(=O)(=O)c3cccc(F)c3)ccc21. The van der Waals surface area contributed by atoms with Gasteiger partial charge < -0.3 is 10.1 Å². The molecule has 8 heteroatoms. The molecule has 0 radical (unpaired) electrons. The highest BCUT2D eigenvalue weighted by Crippen LogP contribution is 2.33. The summed E-state index contributed by atoms with van der Waals surface area (Å²) in [4.78, 5) is 11.8. The zero-order valence-electron chi connectivity index (χ0n) is 17.4. The van der Waals surface area contributed by atoms with Gasteiger partial charge in [-0.2, -0.15) is 0 Å². The number of fused-ring (bicyclic) bond motifs is 1. The average Bonchev–Trinajstić information content (AvgIpc) is 2.64. The number of ether oxygens (including phenoxy) is 1. The first-order valence-corrected chi connectivity index (χ1v) is 11.4. The summed E-state index contributed by atoms with van der Waals surface area (Å²) in [5.74, 6) is -0.473. The number of halogens is 1. The lowest BCUT2D eigenvalue weighted by Crippen LogP contribution is -2.35. The maximum Gasteiger partial charge on any atom is 0.407 e. The van der Waals surface area contributed by atoms with Crippen LogP contribution >= 0.6 is 0 Å². The first kappa shape index (κ1) is 22.1. The Balaban J connectivity index is 1.71. The Labute approximate surface area is 176 Å². The van der Waals surface area contributed by atoms with E-state index in [9.17, 15) is 17.6 Å². The summed E-state index contributed by atoms with van der Waals surface area (Å²) >= 11 is 0. The van der Waals surface area contributed by atoms with Crippen LogP contribution in [-0.2, 0) is 21.2 Å². The Morgan fingerprint density at radius 1 is 1.20 bits per heavy atom. The van der Waals surface area contributed by atoms with Gasteiger partial charge in [-0.25, -0.2) is 17.6 Å². The predicted molar refractivity (Wildman–Crippen MR) is 114 cm³/mol. The number of carbonyl (C=O) groups is 1. The van der Waals surface area contributed by atoms with E-state index in [-0.39, 0.29) is 10.8 Å². The van der Waals surface area contributed by atoms with Crippen molar-refractivity contribution in [2.75, 3.05) is 11.3 Å². The summed E-state index contributed by atoms with van der Waals surface area (Å²) in [5.41, 5.74) is 2.00. The van der Waals surface area contributed by atoms with Gasteiger partial charge >= 0.3 is 6.09 Å². The third-order valence-corrected chi connectivity index (χ3v) is 6.21. The molecule has 0 fully saturated rings. The topological polar surface area (TPSA) is 84.5 Å². The maximum atomic E-state index is 13.4. The quantitative estimate of drug-likeness (QED) is 0.722. The predicted octanol–water partition coefficient (Wildman–Crippen LogP) is 4.57. The van der Waals surface area contributed by atoms with E-state index in [4.69, 9.17) is 4.74 Å². The zero-order chi connectivity index (χ0) is 21.9. The van der Waals surface area contributed by atoms with Crippen molar-refractivity contribution >= 4 is 21.8 Å². The first-order chi connectivity index (χ1) is 14.0. The van der Waals surface area contributed by atoms with E-state index in [1.54, 1.807) is 6.07 Å². The number of alkyl carbamates (subject to hydrolysis) is 1. The Bertz CT molecular complexity index is 1030. The molecule has 6 nitrogen and oxygen atoms in total. The molecule has 1 amide bonds. The molecule has 0 unspecified atom stereocenters. The van der Waals surface area contributed by atoms with Crippen LogP contribution in [0.5, 0.6) is 0 Å². The van der Waals surface area contributed by atoms with Gasteiger partial charge in [-0.3, -0.25) is 4.72 Å². The highest BCUT2D eigenvalue weighted by Gasteiger charge is 2.23. The fourth-order valence-corrected chi connectivity index (χ4v) is 4.64. The van der Waals surface area contributed by atoms with Gasteiger partial charge in [0.1, 0.15) is 11.4 Å². The number of hydrogen-bond donors (Lipinski definition) is 2. The van der Waals surface area contributed by atoms with Crippen LogP contribution in [0.4, 0.5) is 14.9 Å². The van der Waals surface area contributed by atoms with E-state index < -0.39 is 27.5 Å². The summed E-state index contributed by atoms with van der Waals surface area (Å²) in [6, 6.07) is 10.3. The molecule has 2 aromatic rings. The van der Waals surface area contributed by atoms with Crippen LogP contribution in [-0.4, -0.2) is 26.7 Å². The molecule has 3 rings (SSSR count). The van der Waals surface area contributed by atoms with Crippen LogP contribution < -0.4 is 10.0 Å². The molecule has 1 atom stereocenters. The van der Waals surface area contributed by atoms with E-state index in [1.807, 2.05) is 32.9 Å². The third-order valence-electron chi connectivity index (χ3n) is 4.83. The summed E-state index contributed by atoms with van der Waals surface area (Å²) in [7, 11) is -3.88. The molecule has 1 aliphatic rings. The van der Waals surface area contributed by atoms with Gasteiger partial charge in [0.2, 0.25) is 0 Å². The Kier molecular flexibility index (Phi) is 6.36. The van der Waals surface area contributed by atoms with Crippen molar-refractivity contribution in [1.82, 2.24) is 5.32 Å². The second kappa shape index (κ2) is 8.63. The molecule has 2 aromatic carbocycles. The minimum atomic E-state index is -3.88. The molecule has 0 spiro atoms. The number of carbonyl (C=O) groups excluding carboxylic acids is 1. The Morgan fingerprint density at radius 2 is 1.97 bits per heavy atom. The fourth-order valence-electron chi connectivity index (χ4n) is 3.56. The highest BCUT2D eigenvalue weighted by molar-refractivity contribution is 7.92. The summed E-state index contributed by atoms with van der Waals surface area (Å²) in [6.07, 6.45) is 2.24. The van der Waals surface area contributed by atoms with Crippen LogP contribution in [0.1, 0.15) is 50.7 Å². The zero-order valence-corrected chi connectivity index (χ0v) is 18.2. The molecule has 1 aliphatic carbocycles. The molecular formula is C22H27FN2O4S. The number of nitrogens with one attached hydrogen (secondary N) is 2. The van der Waals surface area contributed by atoms with Gasteiger partial charge in [0.05, 0.1) is 4.90 Å². The lowest BCUT2D eigenvalue weighted by Gasteiger charge is -2.27. The van der Waals surface area contributed by atoms with Gasteiger partial charge in [-0.05, 0) is 81.5 Å². The van der Waals surface area contributed by atoms with E-state index in [2.05, 4.69) is 10.0 Å². The molecule has 0 heterocycles. The highest BCUT2D eigenvalue weighted by atomic mass is 32.2. The number of sulfonamides is 1. The van der Waals surface area contributed by atoms with Gasteiger partial charge in [-0.15, -0.1) is 0 Å². The average molecular weight is 435 g/mol. The van der Waals surface area contributed by atoms with E-state index in [0.29, 0.717) is 12.2 Å².